The number of hydrogen-bond acceptors (Lipinski definition) is 2. The van der Waals surface area contributed by atoms with Crippen LogP contribution >= 0.6 is 0 Å². The Kier molecular flexibility index (Phi) is 7.55. The molecule has 0 bridgehead atoms. The van der Waals surface area contributed by atoms with Crippen molar-refractivity contribution in [2.45, 2.75) is 19.3 Å². The molecule has 270 valence electrons. The van der Waals surface area contributed by atoms with Crippen molar-refractivity contribution in [3.8, 4) is 11.1 Å². The summed E-state index contributed by atoms with van der Waals surface area (Å²) in [5, 5.41) is 9.81. The van der Waals surface area contributed by atoms with Crippen LogP contribution in [0.1, 0.15) is 25.0 Å². The largest absolute Gasteiger partial charge is 0.310 e. The van der Waals surface area contributed by atoms with Crippen molar-refractivity contribution in [2.24, 2.45) is 0 Å². The number of rotatable bonds is 5. The zero-order valence-corrected chi connectivity index (χ0v) is 32.0. The van der Waals surface area contributed by atoms with Crippen LogP contribution in [0.4, 0.5) is 34.1 Å². The fraction of sp³-hybridized carbons (Fsp3) is 0.0545. The van der Waals surface area contributed by atoms with E-state index in [0.717, 1.165) is 17.1 Å². The van der Waals surface area contributed by atoms with Gasteiger partial charge in [-0.05, 0) is 91.5 Å². The Morgan fingerprint density at radius 1 is 0.368 bits per heavy atom. The third kappa shape index (κ3) is 5.25. The van der Waals surface area contributed by atoms with Crippen molar-refractivity contribution in [3.05, 3.63) is 217 Å². The minimum absolute atomic E-state index is 0.295. The molecule has 0 N–H and O–H groups in total. The predicted molar refractivity (Wildman–Crippen MR) is 243 cm³/mol. The third-order valence-corrected chi connectivity index (χ3v) is 12.2. The van der Waals surface area contributed by atoms with Gasteiger partial charge < -0.3 is 9.80 Å². The number of benzene rings is 10. The lowest BCUT2D eigenvalue weighted by molar-refractivity contribution is 0.632. The van der Waals surface area contributed by atoms with Crippen molar-refractivity contribution in [2.75, 3.05) is 9.80 Å². The van der Waals surface area contributed by atoms with E-state index in [0.29, 0.717) is 0 Å². The van der Waals surface area contributed by atoms with Gasteiger partial charge >= 0.3 is 0 Å². The highest BCUT2D eigenvalue weighted by Gasteiger charge is 2.38. The lowest BCUT2D eigenvalue weighted by Gasteiger charge is -2.43. The maximum Gasteiger partial charge on any atom is 0.0618 e. The molecular weight excluding hydrogens is 689 g/mol. The molecular formula is C55H40N2. The summed E-state index contributed by atoms with van der Waals surface area (Å²) in [6, 6.07) is 75.9. The van der Waals surface area contributed by atoms with E-state index < -0.39 is 0 Å². The number of para-hydroxylation sites is 1. The molecule has 10 aromatic carbocycles. The first-order valence-electron chi connectivity index (χ1n) is 19.9. The second-order valence-corrected chi connectivity index (χ2v) is 15.8. The van der Waals surface area contributed by atoms with E-state index in [2.05, 4.69) is 230 Å². The van der Waals surface area contributed by atoms with E-state index in [1.165, 1.54) is 82.4 Å². The molecule has 1 aliphatic rings. The minimum Gasteiger partial charge on any atom is -0.310 e. The highest BCUT2D eigenvalue weighted by molar-refractivity contribution is 6.11. The van der Waals surface area contributed by atoms with Crippen molar-refractivity contribution in [1.82, 2.24) is 0 Å². The molecule has 0 saturated carbocycles. The topological polar surface area (TPSA) is 6.48 Å². The quantitative estimate of drug-likeness (QED) is 0.174. The lowest BCUT2D eigenvalue weighted by atomic mass is 9.73. The second-order valence-electron chi connectivity index (χ2n) is 15.8. The first kappa shape index (κ1) is 33.2. The molecule has 2 nitrogen and oxygen atoms in total. The van der Waals surface area contributed by atoms with Crippen LogP contribution in [0.3, 0.4) is 0 Å². The molecule has 10 aromatic rings. The fourth-order valence-corrected chi connectivity index (χ4v) is 9.39. The van der Waals surface area contributed by atoms with Gasteiger partial charge in [0.15, 0.2) is 0 Å². The van der Waals surface area contributed by atoms with E-state index in [-0.39, 0.29) is 5.41 Å². The first-order chi connectivity index (χ1) is 28.0. The van der Waals surface area contributed by atoms with Gasteiger partial charge in [-0.1, -0.05) is 178 Å². The van der Waals surface area contributed by atoms with Crippen LogP contribution in [0.15, 0.2) is 206 Å². The van der Waals surface area contributed by atoms with E-state index >= 15 is 0 Å². The molecule has 0 aliphatic carbocycles. The van der Waals surface area contributed by atoms with Gasteiger partial charge in [0.25, 0.3) is 0 Å². The lowest BCUT2D eigenvalue weighted by Crippen LogP contribution is -2.31. The van der Waals surface area contributed by atoms with E-state index in [9.17, 15) is 0 Å². The average molecular weight is 729 g/mol. The molecule has 0 aromatic heterocycles. The molecule has 57 heavy (non-hydrogen) atoms. The van der Waals surface area contributed by atoms with Gasteiger partial charge in [0.2, 0.25) is 0 Å². The van der Waals surface area contributed by atoms with Gasteiger partial charge in [0.1, 0.15) is 0 Å². The smallest absolute Gasteiger partial charge is 0.0618 e. The highest BCUT2D eigenvalue weighted by Crippen LogP contribution is 2.56. The number of hydrogen-bond donors (Lipinski definition) is 0. The third-order valence-electron chi connectivity index (χ3n) is 12.2. The van der Waals surface area contributed by atoms with Gasteiger partial charge in [-0.3, -0.25) is 0 Å². The Bertz CT molecular complexity index is 3180. The maximum absolute atomic E-state index is 2.55. The molecule has 11 rings (SSSR count). The standard InChI is InChI=1S/C55H40N2/c1-55(2)49-26-11-12-27-52(49)57(54-46-24-10-7-18-40(46)30-33-48(54)47-25-13-20-38-16-5-8-22-44(38)47)53-34-32-43(36-50(53)55)56(42-31-29-37-15-3-4-19-41(37)35-42)51-28-14-21-39-17-6-9-23-45(39)51/h3-36H,1-2H3. The summed E-state index contributed by atoms with van der Waals surface area (Å²) >= 11 is 0. The van der Waals surface area contributed by atoms with Crippen LogP contribution in [0.25, 0.3) is 54.2 Å². The molecule has 1 heterocycles. The molecule has 2 heteroatoms. The molecule has 0 unspecified atom stereocenters. The van der Waals surface area contributed by atoms with Crippen molar-refractivity contribution >= 4 is 77.2 Å². The van der Waals surface area contributed by atoms with E-state index in [1.807, 2.05) is 0 Å². The summed E-state index contributed by atoms with van der Waals surface area (Å²) in [7, 11) is 0. The Labute approximate surface area is 333 Å². The molecule has 0 fully saturated rings. The maximum atomic E-state index is 2.55. The number of anilines is 6. The first-order valence-corrected chi connectivity index (χ1v) is 19.9. The SMILES string of the molecule is CC1(C)c2ccccc2N(c2c(-c3cccc4ccccc34)ccc3ccccc23)c2ccc(N(c3ccc4ccccc4c3)c3cccc4ccccc34)cc21. The van der Waals surface area contributed by atoms with Crippen LogP contribution in [0.5, 0.6) is 0 Å². The molecule has 0 atom stereocenters. The van der Waals surface area contributed by atoms with E-state index in [4.69, 9.17) is 0 Å². The summed E-state index contributed by atoms with van der Waals surface area (Å²) in [6.45, 7) is 4.78. The average Bonchev–Trinajstić information content (AvgIpc) is 3.26. The Morgan fingerprint density at radius 3 is 1.72 bits per heavy atom. The highest BCUT2D eigenvalue weighted by atomic mass is 15.2. The summed E-state index contributed by atoms with van der Waals surface area (Å²) in [6.07, 6.45) is 0. The van der Waals surface area contributed by atoms with Crippen molar-refractivity contribution in [1.29, 1.82) is 0 Å². The number of fused-ring (bicyclic) bond motifs is 6. The molecule has 0 spiro atoms. The second kappa shape index (κ2) is 13.0. The Hall–Kier alpha value is -7.16. The van der Waals surface area contributed by atoms with Gasteiger partial charge in [-0.25, -0.2) is 0 Å². The van der Waals surface area contributed by atoms with Crippen LogP contribution in [-0.2, 0) is 5.41 Å². The van der Waals surface area contributed by atoms with Gasteiger partial charge in [0, 0.05) is 33.1 Å². The van der Waals surface area contributed by atoms with Crippen LogP contribution in [-0.4, -0.2) is 0 Å². The number of nitrogens with zero attached hydrogens (tertiary/aromatic N) is 2. The molecule has 0 saturated heterocycles. The van der Waals surface area contributed by atoms with Crippen LogP contribution < -0.4 is 9.80 Å². The summed E-state index contributed by atoms with van der Waals surface area (Å²) in [5.74, 6) is 0. The molecule has 0 amide bonds. The zero-order valence-electron chi connectivity index (χ0n) is 32.0. The van der Waals surface area contributed by atoms with Crippen LogP contribution in [0, 0.1) is 0 Å². The monoisotopic (exact) mass is 728 g/mol. The van der Waals surface area contributed by atoms with Crippen molar-refractivity contribution < 1.29 is 0 Å². The summed E-state index contributed by atoms with van der Waals surface area (Å²) < 4.78 is 0. The minimum atomic E-state index is -0.295. The van der Waals surface area contributed by atoms with Crippen LogP contribution in [0.2, 0.25) is 0 Å². The van der Waals surface area contributed by atoms with Gasteiger partial charge in [-0.15, -0.1) is 0 Å². The van der Waals surface area contributed by atoms with Gasteiger partial charge in [-0.2, -0.15) is 0 Å². The van der Waals surface area contributed by atoms with E-state index in [1.54, 1.807) is 0 Å². The Morgan fingerprint density at radius 2 is 0.912 bits per heavy atom. The predicted octanol–water partition coefficient (Wildman–Crippen LogP) is 15.5. The fourth-order valence-electron chi connectivity index (χ4n) is 9.39. The van der Waals surface area contributed by atoms with Crippen molar-refractivity contribution in [3.63, 3.8) is 0 Å². The normalized spacial score (nSPS) is 13.2. The van der Waals surface area contributed by atoms with Gasteiger partial charge in [0.05, 0.1) is 22.7 Å². The summed E-state index contributed by atoms with van der Waals surface area (Å²) in [5.41, 5.74) is 11.7. The molecule has 0 radical (unpaired) electrons. The molecule has 1 aliphatic heterocycles. The zero-order chi connectivity index (χ0) is 38.1. The Balaban J connectivity index is 1.20. The summed E-state index contributed by atoms with van der Waals surface area (Å²) in [4.78, 5) is 5.01.